The number of para-hydroxylation sites is 1. The van der Waals surface area contributed by atoms with Crippen molar-refractivity contribution in [1.29, 1.82) is 0 Å². The number of amides is 1. The van der Waals surface area contributed by atoms with Crippen molar-refractivity contribution < 1.29 is 9.00 Å². The smallest absolute Gasteiger partial charge is 0.232 e. The molecule has 4 saturated carbocycles. The van der Waals surface area contributed by atoms with Gasteiger partial charge < -0.3 is 9.88 Å². The van der Waals surface area contributed by atoms with Crippen molar-refractivity contribution in [2.24, 2.45) is 23.2 Å². The minimum Gasteiger partial charge on any atom is -0.352 e. The van der Waals surface area contributed by atoms with Gasteiger partial charge in [0.1, 0.15) is 11.6 Å². The maximum absolute atomic E-state index is 13.1. The van der Waals surface area contributed by atoms with Crippen molar-refractivity contribution in [1.82, 2.24) is 19.7 Å². The SMILES string of the molecule is C[C@@H](NC(=O)C[S@@](=O)Cc1cnn(-c2ccccc2)c1-n1cccc1)C12CC3CC(CC(C3)C1)C2. The molecule has 4 fully saturated rings. The first-order valence-electron chi connectivity index (χ1n) is 12.9. The van der Waals surface area contributed by atoms with Crippen molar-refractivity contribution >= 4 is 16.7 Å². The summed E-state index contributed by atoms with van der Waals surface area (Å²) in [7, 11) is -1.32. The predicted molar refractivity (Wildman–Crippen MR) is 138 cm³/mol. The van der Waals surface area contributed by atoms with E-state index < -0.39 is 10.8 Å². The van der Waals surface area contributed by atoms with Gasteiger partial charge in [-0.1, -0.05) is 18.2 Å². The fourth-order valence-electron chi connectivity index (χ4n) is 7.50. The number of benzene rings is 1. The lowest BCUT2D eigenvalue weighted by Gasteiger charge is -2.59. The lowest BCUT2D eigenvalue weighted by Crippen LogP contribution is -2.56. The highest BCUT2D eigenvalue weighted by molar-refractivity contribution is 7.84. The van der Waals surface area contributed by atoms with Gasteiger partial charge in [-0.2, -0.15) is 5.10 Å². The van der Waals surface area contributed by atoms with Crippen LogP contribution in [0.2, 0.25) is 0 Å². The Bertz CT molecular complexity index is 1180. The maximum Gasteiger partial charge on any atom is 0.232 e. The molecule has 6 nitrogen and oxygen atoms in total. The standard InChI is InChI=1S/C28H34N4O2S/c1-20(28-14-21-11-22(15-28)13-23(12-21)16-28)30-26(33)19-35(34)18-24-17-29-32(25-7-3-2-4-8-25)27(24)31-9-5-6-10-31/h2-10,17,20-23H,11-16,18-19H2,1H3,(H,30,33)/t20-,21?,22?,23?,28?,35+/m1/s1. The Hall–Kier alpha value is -2.67. The number of hydrogen-bond acceptors (Lipinski definition) is 3. The zero-order chi connectivity index (χ0) is 24.0. The van der Waals surface area contributed by atoms with E-state index >= 15 is 0 Å². The van der Waals surface area contributed by atoms with Crippen LogP contribution in [0.1, 0.15) is 51.0 Å². The molecule has 0 aliphatic heterocycles. The molecule has 0 spiro atoms. The quantitative estimate of drug-likeness (QED) is 0.500. The van der Waals surface area contributed by atoms with Crippen molar-refractivity contribution in [3.05, 3.63) is 66.6 Å². The van der Waals surface area contributed by atoms with Crippen molar-refractivity contribution in [2.75, 3.05) is 5.75 Å². The molecule has 35 heavy (non-hydrogen) atoms. The molecule has 4 aliphatic carbocycles. The van der Waals surface area contributed by atoms with Gasteiger partial charge in [-0.05, 0) is 92.9 Å². The van der Waals surface area contributed by atoms with Crippen molar-refractivity contribution in [3.63, 3.8) is 0 Å². The van der Waals surface area contributed by atoms with E-state index in [1.54, 1.807) is 6.20 Å². The highest BCUT2D eigenvalue weighted by atomic mass is 32.2. The maximum atomic E-state index is 13.1. The van der Waals surface area contributed by atoms with Crippen molar-refractivity contribution in [3.8, 4) is 11.5 Å². The molecule has 0 saturated heterocycles. The normalized spacial score (nSPS) is 28.7. The lowest BCUT2D eigenvalue weighted by molar-refractivity contribution is -0.123. The number of carbonyl (C=O) groups excluding carboxylic acids is 1. The van der Waals surface area contributed by atoms with Crippen molar-refractivity contribution in [2.45, 2.75) is 57.2 Å². The van der Waals surface area contributed by atoms with Crippen LogP contribution in [0.15, 0.2) is 61.1 Å². The molecule has 4 aliphatic rings. The Morgan fingerprint density at radius 2 is 1.69 bits per heavy atom. The molecule has 4 bridgehead atoms. The van der Waals surface area contributed by atoms with Gasteiger partial charge in [0.15, 0.2) is 0 Å². The molecule has 1 aromatic carbocycles. The predicted octanol–water partition coefficient (Wildman–Crippen LogP) is 4.63. The molecular formula is C28H34N4O2S. The first-order chi connectivity index (χ1) is 17.0. The Morgan fingerprint density at radius 1 is 1.06 bits per heavy atom. The highest BCUT2D eigenvalue weighted by Gasteiger charge is 2.53. The number of hydrogen-bond donors (Lipinski definition) is 1. The van der Waals surface area contributed by atoms with E-state index in [4.69, 9.17) is 0 Å². The summed E-state index contributed by atoms with van der Waals surface area (Å²) in [5.74, 6) is 3.63. The minimum atomic E-state index is -1.32. The Kier molecular flexibility index (Phi) is 5.91. The average molecular weight is 491 g/mol. The summed E-state index contributed by atoms with van der Waals surface area (Å²) >= 11 is 0. The summed E-state index contributed by atoms with van der Waals surface area (Å²) in [5.41, 5.74) is 2.06. The molecular weight excluding hydrogens is 456 g/mol. The zero-order valence-electron chi connectivity index (χ0n) is 20.3. The van der Waals surface area contributed by atoms with Crippen LogP contribution in [-0.2, 0) is 21.3 Å². The van der Waals surface area contributed by atoms with Crippen LogP contribution in [-0.4, -0.2) is 36.3 Å². The van der Waals surface area contributed by atoms with E-state index in [0.29, 0.717) is 5.75 Å². The fraction of sp³-hybridized carbons (Fsp3) is 0.500. The van der Waals surface area contributed by atoms with Gasteiger partial charge >= 0.3 is 0 Å². The van der Waals surface area contributed by atoms with Gasteiger partial charge in [0, 0.05) is 34.8 Å². The van der Waals surface area contributed by atoms with Crippen LogP contribution < -0.4 is 5.32 Å². The molecule has 2 heterocycles. The second kappa shape index (κ2) is 9.08. The van der Waals surface area contributed by atoms with Gasteiger partial charge in [-0.3, -0.25) is 9.00 Å². The molecule has 7 heteroatoms. The van der Waals surface area contributed by atoms with Crippen LogP contribution in [0, 0.1) is 23.2 Å². The summed E-state index contributed by atoms with van der Waals surface area (Å²) < 4.78 is 17.0. The molecule has 0 unspecified atom stereocenters. The fourth-order valence-corrected chi connectivity index (χ4v) is 8.53. The van der Waals surface area contributed by atoms with E-state index in [2.05, 4.69) is 17.3 Å². The van der Waals surface area contributed by atoms with Crippen LogP contribution in [0.3, 0.4) is 0 Å². The molecule has 0 radical (unpaired) electrons. The number of aromatic nitrogens is 3. The number of nitrogens with zero attached hydrogens (tertiary/aromatic N) is 3. The van der Waals surface area contributed by atoms with Crippen LogP contribution in [0.5, 0.6) is 0 Å². The van der Waals surface area contributed by atoms with E-state index in [9.17, 15) is 9.00 Å². The van der Waals surface area contributed by atoms with E-state index in [1.165, 1.54) is 38.5 Å². The molecule has 7 rings (SSSR count). The van der Waals surface area contributed by atoms with Gasteiger partial charge in [0.05, 0.1) is 17.6 Å². The molecule has 3 aromatic rings. The number of nitrogens with one attached hydrogen (secondary N) is 1. The molecule has 2 atom stereocenters. The topological polar surface area (TPSA) is 68.9 Å². The first kappa shape index (κ1) is 22.8. The minimum absolute atomic E-state index is 0.0261. The molecule has 1 amide bonds. The molecule has 2 aromatic heterocycles. The van der Waals surface area contributed by atoms with Crippen LogP contribution in [0.25, 0.3) is 11.5 Å². The van der Waals surface area contributed by atoms with E-state index in [-0.39, 0.29) is 23.1 Å². The molecule has 1 N–H and O–H groups in total. The second-order valence-corrected chi connectivity index (χ2v) is 12.6. The second-order valence-electron chi connectivity index (χ2n) is 11.1. The summed E-state index contributed by atoms with van der Waals surface area (Å²) in [6, 6.07) is 14.0. The Balaban J connectivity index is 1.14. The largest absolute Gasteiger partial charge is 0.352 e. The molecule has 184 valence electrons. The van der Waals surface area contributed by atoms with E-state index in [0.717, 1.165) is 34.8 Å². The van der Waals surface area contributed by atoms with Gasteiger partial charge in [-0.15, -0.1) is 0 Å². The summed E-state index contributed by atoms with van der Waals surface area (Å²) in [6.45, 7) is 2.18. The van der Waals surface area contributed by atoms with Crippen LogP contribution in [0.4, 0.5) is 0 Å². The lowest BCUT2D eigenvalue weighted by atomic mass is 9.48. The van der Waals surface area contributed by atoms with Gasteiger partial charge in [-0.25, -0.2) is 4.68 Å². The highest BCUT2D eigenvalue weighted by Crippen LogP contribution is 2.61. The summed E-state index contributed by atoms with van der Waals surface area (Å²) in [4.78, 5) is 13.0. The van der Waals surface area contributed by atoms with Crippen LogP contribution >= 0.6 is 0 Å². The zero-order valence-corrected chi connectivity index (χ0v) is 21.1. The third-order valence-electron chi connectivity index (χ3n) is 8.66. The third kappa shape index (κ3) is 4.39. The summed E-state index contributed by atoms with van der Waals surface area (Å²) in [6.07, 6.45) is 13.6. The average Bonchev–Trinajstić information content (AvgIpc) is 3.48. The van der Waals surface area contributed by atoms with Gasteiger partial charge in [0.2, 0.25) is 5.91 Å². The van der Waals surface area contributed by atoms with E-state index in [1.807, 2.05) is 64.1 Å². The third-order valence-corrected chi connectivity index (χ3v) is 9.87. The number of rotatable bonds is 8. The number of carbonyl (C=O) groups is 1. The Morgan fingerprint density at radius 3 is 2.31 bits per heavy atom. The monoisotopic (exact) mass is 490 g/mol. The van der Waals surface area contributed by atoms with Gasteiger partial charge in [0.25, 0.3) is 0 Å². The Labute approximate surface area is 209 Å². The first-order valence-corrected chi connectivity index (χ1v) is 14.4. The summed E-state index contributed by atoms with van der Waals surface area (Å²) in [5, 5.41) is 7.86.